The number of hydrogen-bond donors (Lipinski definition) is 1. The lowest BCUT2D eigenvalue weighted by molar-refractivity contribution is 0.0259. The molecule has 0 spiro atoms. The predicted molar refractivity (Wildman–Crippen MR) is 71.8 cm³/mol. The minimum absolute atomic E-state index is 0.308. The van der Waals surface area contributed by atoms with Gasteiger partial charge in [-0.15, -0.1) is 0 Å². The van der Waals surface area contributed by atoms with Gasteiger partial charge in [-0.2, -0.15) is 0 Å². The summed E-state index contributed by atoms with van der Waals surface area (Å²) in [7, 11) is 0. The normalized spacial score (nSPS) is 28.3. The lowest BCUT2D eigenvalue weighted by Gasteiger charge is -2.49. The quantitative estimate of drug-likeness (QED) is 0.793. The summed E-state index contributed by atoms with van der Waals surface area (Å²) in [6.07, 6.45) is 2.54. The zero-order valence-electron chi connectivity index (χ0n) is 12.0. The van der Waals surface area contributed by atoms with Gasteiger partial charge in [0.05, 0.1) is 0 Å². The smallest absolute Gasteiger partial charge is 0.0281 e. The number of rotatable bonds is 4. The largest absolute Gasteiger partial charge is 0.311 e. The molecule has 0 aromatic rings. The Morgan fingerprint density at radius 1 is 1.31 bits per heavy atom. The second-order valence-electron chi connectivity index (χ2n) is 6.43. The van der Waals surface area contributed by atoms with Crippen LogP contribution in [0, 0.1) is 5.92 Å². The summed E-state index contributed by atoms with van der Waals surface area (Å²) in [4.78, 5) is 2.69. The van der Waals surface area contributed by atoms with Crippen molar-refractivity contribution in [2.45, 2.75) is 72.0 Å². The topological polar surface area (TPSA) is 15.3 Å². The molecular formula is C14H30N2. The molecule has 2 unspecified atom stereocenters. The van der Waals surface area contributed by atoms with E-state index >= 15 is 0 Å². The fourth-order valence-electron chi connectivity index (χ4n) is 2.77. The highest BCUT2D eigenvalue weighted by molar-refractivity contribution is 4.94. The number of piperazine rings is 1. The van der Waals surface area contributed by atoms with Crippen LogP contribution in [-0.2, 0) is 0 Å². The third-order valence-electron chi connectivity index (χ3n) is 3.90. The summed E-state index contributed by atoms with van der Waals surface area (Å²) in [5, 5.41) is 3.71. The van der Waals surface area contributed by atoms with Crippen molar-refractivity contribution < 1.29 is 0 Å². The minimum atomic E-state index is 0.308. The van der Waals surface area contributed by atoms with Crippen LogP contribution in [-0.4, -0.2) is 35.6 Å². The van der Waals surface area contributed by atoms with Crippen molar-refractivity contribution in [3.8, 4) is 0 Å². The number of nitrogens with one attached hydrogen (secondary N) is 1. The maximum absolute atomic E-state index is 3.71. The van der Waals surface area contributed by atoms with Crippen molar-refractivity contribution in [1.82, 2.24) is 10.2 Å². The molecule has 16 heavy (non-hydrogen) atoms. The first kappa shape index (κ1) is 14.0. The highest BCUT2D eigenvalue weighted by atomic mass is 15.3. The SMILES string of the molecule is CCC(C)N1CC(CC(C)C)NCC1(C)C. The Balaban J connectivity index is 2.62. The molecule has 1 heterocycles. The molecule has 0 radical (unpaired) electrons. The van der Waals surface area contributed by atoms with Gasteiger partial charge in [0.15, 0.2) is 0 Å². The van der Waals surface area contributed by atoms with Crippen LogP contribution < -0.4 is 5.32 Å². The zero-order valence-corrected chi connectivity index (χ0v) is 12.0. The molecule has 1 N–H and O–H groups in total. The third kappa shape index (κ3) is 3.46. The first-order valence-electron chi connectivity index (χ1n) is 6.87. The van der Waals surface area contributed by atoms with Crippen LogP contribution in [0.5, 0.6) is 0 Å². The Bertz CT molecular complexity index is 211. The molecular weight excluding hydrogens is 196 g/mol. The van der Waals surface area contributed by atoms with E-state index < -0.39 is 0 Å². The lowest BCUT2D eigenvalue weighted by atomic mass is 9.91. The van der Waals surface area contributed by atoms with Crippen molar-refractivity contribution in [2.24, 2.45) is 5.92 Å². The first-order chi connectivity index (χ1) is 7.36. The Kier molecular flexibility index (Phi) is 4.81. The van der Waals surface area contributed by atoms with Gasteiger partial charge in [0.1, 0.15) is 0 Å². The summed E-state index contributed by atoms with van der Waals surface area (Å²) in [5.41, 5.74) is 0.308. The maximum Gasteiger partial charge on any atom is 0.0281 e. The van der Waals surface area contributed by atoms with Gasteiger partial charge in [-0.3, -0.25) is 4.90 Å². The predicted octanol–water partition coefficient (Wildman–Crippen LogP) is 2.88. The van der Waals surface area contributed by atoms with Crippen LogP contribution in [0.1, 0.15) is 54.4 Å². The zero-order chi connectivity index (χ0) is 12.3. The summed E-state index contributed by atoms with van der Waals surface area (Å²) in [6.45, 7) is 16.3. The van der Waals surface area contributed by atoms with E-state index in [1.807, 2.05) is 0 Å². The molecule has 1 fully saturated rings. The van der Waals surface area contributed by atoms with Crippen LogP contribution >= 0.6 is 0 Å². The first-order valence-corrected chi connectivity index (χ1v) is 6.87. The molecule has 0 aromatic carbocycles. The molecule has 1 rings (SSSR count). The Hall–Kier alpha value is -0.0800. The van der Waals surface area contributed by atoms with E-state index in [0.717, 1.165) is 12.5 Å². The van der Waals surface area contributed by atoms with Gasteiger partial charge in [-0.1, -0.05) is 20.8 Å². The molecule has 2 atom stereocenters. The van der Waals surface area contributed by atoms with Gasteiger partial charge in [-0.25, -0.2) is 0 Å². The molecule has 0 saturated carbocycles. The van der Waals surface area contributed by atoms with Crippen LogP contribution in [0.3, 0.4) is 0 Å². The Morgan fingerprint density at radius 2 is 1.94 bits per heavy atom. The van der Waals surface area contributed by atoms with Gasteiger partial charge in [0.2, 0.25) is 0 Å². The molecule has 0 bridgehead atoms. The maximum atomic E-state index is 3.71. The van der Waals surface area contributed by atoms with Gasteiger partial charge in [0, 0.05) is 30.7 Å². The van der Waals surface area contributed by atoms with Crippen molar-refractivity contribution in [3.05, 3.63) is 0 Å². The van der Waals surface area contributed by atoms with E-state index in [9.17, 15) is 0 Å². The van der Waals surface area contributed by atoms with Gasteiger partial charge in [0.25, 0.3) is 0 Å². The minimum Gasteiger partial charge on any atom is -0.311 e. The molecule has 0 aromatic heterocycles. The third-order valence-corrected chi connectivity index (χ3v) is 3.90. The number of nitrogens with zero attached hydrogens (tertiary/aromatic N) is 1. The standard InChI is InChI=1S/C14H30N2/c1-7-12(4)16-9-13(8-11(2)3)15-10-14(16,5)6/h11-13,15H,7-10H2,1-6H3. The molecule has 2 heteroatoms. The molecule has 1 aliphatic heterocycles. The Morgan fingerprint density at radius 3 is 2.44 bits per heavy atom. The summed E-state index contributed by atoms with van der Waals surface area (Å²) >= 11 is 0. The highest BCUT2D eigenvalue weighted by Crippen LogP contribution is 2.24. The van der Waals surface area contributed by atoms with Crippen molar-refractivity contribution in [2.75, 3.05) is 13.1 Å². The van der Waals surface area contributed by atoms with Crippen molar-refractivity contribution in [1.29, 1.82) is 0 Å². The van der Waals surface area contributed by atoms with E-state index in [-0.39, 0.29) is 0 Å². The van der Waals surface area contributed by atoms with Crippen LogP contribution in [0.15, 0.2) is 0 Å². The van der Waals surface area contributed by atoms with Crippen molar-refractivity contribution >= 4 is 0 Å². The van der Waals surface area contributed by atoms with Crippen LogP contribution in [0.2, 0.25) is 0 Å². The average Bonchev–Trinajstić information content (AvgIpc) is 2.19. The molecule has 96 valence electrons. The fourth-order valence-corrected chi connectivity index (χ4v) is 2.77. The van der Waals surface area contributed by atoms with Gasteiger partial charge < -0.3 is 5.32 Å². The number of hydrogen-bond acceptors (Lipinski definition) is 2. The van der Waals surface area contributed by atoms with Crippen molar-refractivity contribution in [3.63, 3.8) is 0 Å². The highest BCUT2D eigenvalue weighted by Gasteiger charge is 2.35. The second kappa shape index (κ2) is 5.50. The summed E-state index contributed by atoms with van der Waals surface area (Å²) in [6, 6.07) is 1.38. The molecule has 0 amide bonds. The lowest BCUT2D eigenvalue weighted by Crippen LogP contribution is -2.64. The molecule has 2 nitrogen and oxygen atoms in total. The van der Waals surface area contributed by atoms with E-state index in [1.54, 1.807) is 0 Å². The molecule has 0 aliphatic carbocycles. The van der Waals surface area contributed by atoms with Crippen LogP contribution in [0.4, 0.5) is 0 Å². The van der Waals surface area contributed by atoms with E-state index in [1.165, 1.54) is 19.4 Å². The molecule has 1 aliphatic rings. The van der Waals surface area contributed by atoms with E-state index in [0.29, 0.717) is 17.6 Å². The van der Waals surface area contributed by atoms with Gasteiger partial charge in [-0.05, 0) is 39.5 Å². The van der Waals surface area contributed by atoms with E-state index in [4.69, 9.17) is 0 Å². The van der Waals surface area contributed by atoms with E-state index in [2.05, 4.69) is 51.8 Å². The fraction of sp³-hybridized carbons (Fsp3) is 1.00. The summed E-state index contributed by atoms with van der Waals surface area (Å²) < 4.78 is 0. The monoisotopic (exact) mass is 226 g/mol. The average molecular weight is 226 g/mol. The molecule has 1 saturated heterocycles. The van der Waals surface area contributed by atoms with Gasteiger partial charge >= 0.3 is 0 Å². The van der Waals surface area contributed by atoms with Crippen LogP contribution in [0.25, 0.3) is 0 Å². The summed E-state index contributed by atoms with van der Waals surface area (Å²) in [5.74, 6) is 0.789. The Labute approximate surface area is 102 Å². The second-order valence-corrected chi connectivity index (χ2v) is 6.43.